The molecule has 2 aromatic rings. The molecule has 9 heteroatoms. The van der Waals surface area contributed by atoms with Gasteiger partial charge in [-0.1, -0.05) is 5.21 Å². The Morgan fingerprint density at radius 1 is 1.45 bits per heavy atom. The number of aliphatic hydroxyl groups is 2. The molecule has 20 heavy (non-hydrogen) atoms. The van der Waals surface area contributed by atoms with Crippen molar-refractivity contribution in [3.05, 3.63) is 16.4 Å². The van der Waals surface area contributed by atoms with Gasteiger partial charge in [-0.15, -0.1) is 16.4 Å². The molecule has 1 unspecified atom stereocenters. The molecule has 2 heterocycles. The summed E-state index contributed by atoms with van der Waals surface area (Å²) in [7, 11) is 0. The Balaban J connectivity index is 2.55. The number of carboxylic acid groups (broad SMARTS) is 1. The van der Waals surface area contributed by atoms with Crippen LogP contribution < -0.4 is 0 Å². The third kappa shape index (κ3) is 2.69. The molecule has 1 atom stereocenters. The summed E-state index contributed by atoms with van der Waals surface area (Å²) in [4.78, 5) is 16.1. The fourth-order valence-corrected chi connectivity index (χ4v) is 2.79. The Morgan fingerprint density at radius 2 is 2.15 bits per heavy atom. The van der Waals surface area contributed by atoms with E-state index in [1.54, 1.807) is 6.92 Å². The quantitative estimate of drug-likeness (QED) is 0.714. The molecule has 8 nitrogen and oxygen atoms in total. The fourth-order valence-electron chi connectivity index (χ4n) is 1.82. The number of aliphatic hydroxyl groups excluding tert-OH is 2. The standard InChI is InChI=1S/C11H14N4O4S/c1-5-10(20-6(2)12-5)9-8(11(18)19)13-14-15(9)3-7(17)4-16/h7,16-17H,3-4H2,1-2H3,(H,18,19). The van der Waals surface area contributed by atoms with E-state index >= 15 is 0 Å². The number of carbonyl (C=O) groups is 1. The van der Waals surface area contributed by atoms with Crippen LogP contribution in [0.5, 0.6) is 0 Å². The zero-order chi connectivity index (χ0) is 14.9. The van der Waals surface area contributed by atoms with Gasteiger partial charge in [-0.05, 0) is 13.8 Å². The van der Waals surface area contributed by atoms with Crippen LogP contribution >= 0.6 is 11.3 Å². The third-order valence-corrected chi connectivity index (χ3v) is 3.73. The molecule has 2 aromatic heterocycles. The molecule has 108 valence electrons. The maximum absolute atomic E-state index is 11.2. The van der Waals surface area contributed by atoms with Crippen LogP contribution in [0.25, 0.3) is 10.6 Å². The number of aromatic nitrogens is 4. The van der Waals surface area contributed by atoms with Crippen molar-refractivity contribution in [2.24, 2.45) is 0 Å². The minimum atomic E-state index is -1.20. The van der Waals surface area contributed by atoms with E-state index in [0.29, 0.717) is 16.3 Å². The van der Waals surface area contributed by atoms with E-state index in [0.717, 1.165) is 5.01 Å². The number of hydrogen-bond acceptors (Lipinski definition) is 7. The van der Waals surface area contributed by atoms with Gasteiger partial charge in [0.15, 0.2) is 5.69 Å². The Kier molecular flexibility index (Phi) is 4.12. The first-order chi connectivity index (χ1) is 9.43. The minimum absolute atomic E-state index is 0.0392. The summed E-state index contributed by atoms with van der Waals surface area (Å²) in [6.45, 7) is 3.10. The van der Waals surface area contributed by atoms with Crippen molar-refractivity contribution in [1.29, 1.82) is 0 Å². The Bertz CT molecular complexity index is 636. The molecule has 0 amide bonds. The van der Waals surface area contributed by atoms with E-state index in [4.69, 9.17) is 5.11 Å². The number of aryl methyl sites for hydroxylation is 2. The van der Waals surface area contributed by atoms with Gasteiger partial charge in [0.25, 0.3) is 0 Å². The highest BCUT2D eigenvalue weighted by molar-refractivity contribution is 7.15. The average Bonchev–Trinajstić information content (AvgIpc) is 2.92. The second-order valence-corrected chi connectivity index (χ2v) is 5.46. The van der Waals surface area contributed by atoms with Gasteiger partial charge in [0.05, 0.1) is 34.8 Å². The van der Waals surface area contributed by atoms with Crippen molar-refractivity contribution in [2.45, 2.75) is 26.5 Å². The van der Waals surface area contributed by atoms with Gasteiger partial charge in [0, 0.05) is 0 Å². The van der Waals surface area contributed by atoms with Crippen LogP contribution in [0, 0.1) is 13.8 Å². The van der Waals surface area contributed by atoms with Crippen molar-refractivity contribution >= 4 is 17.3 Å². The average molecular weight is 298 g/mol. The van der Waals surface area contributed by atoms with Gasteiger partial charge in [-0.2, -0.15) is 0 Å². The lowest BCUT2D eigenvalue weighted by Crippen LogP contribution is -2.21. The Labute approximate surface area is 118 Å². The number of nitrogens with zero attached hydrogens (tertiary/aromatic N) is 4. The van der Waals surface area contributed by atoms with Crippen molar-refractivity contribution < 1.29 is 20.1 Å². The first-order valence-corrected chi connectivity index (χ1v) is 6.65. The van der Waals surface area contributed by atoms with Crippen LogP contribution in [0.15, 0.2) is 0 Å². The van der Waals surface area contributed by atoms with E-state index in [2.05, 4.69) is 15.3 Å². The summed E-state index contributed by atoms with van der Waals surface area (Å²) in [6.07, 6.45) is -1.04. The number of hydrogen-bond donors (Lipinski definition) is 3. The lowest BCUT2D eigenvalue weighted by atomic mass is 10.2. The molecule has 0 aliphatic heterocycles. The summed E-state index contributed by atoms with van der Waals surface area (Å²) in [5.74, 6) is -1.20. The molecule has 0 saturated carbocycles. The van der Waals surface area contributed by atoms with Crippen LogP contribution in [-0.4, -0.2) is 54.0 Å². The van der Waals surface area contributed by atoms with E-state index in [9.17, 15) is 15.0 Å². The van der Waals surface area contributed by atoms with E-state index in [1.165, 1.54) is 16.0 Å². The highest BCUT2D eigenvalue weighted by atomic mass is 32.1. The van der Waals surface area contributed by atoms with E-state index in [1.807, 2.05) is 6.92 Å². The Morgan fingerprint density at radius 3 is 2.65 bits per heavy atom. The van der Waals surface area contributed by atoms with Crippen molar-refractivity contribution in [3.8, 4) is 10.6 Å². The van der Waals surface area contributed by atoms with Crippen LogP contribution in [0.3, 0.4) is 0 Å². The second kappa shape index (κ2) is 5.65. The molecule has 2 rings (SSSR count). The molecular formula is C11H14N4O4S. The summed E-state index contributed by atoms with van der Waals surface area (Å²) in [6, 6.07) is 0. The summed E-state index contributed by atoms with van der Waals surface area (Å²) >= 11 is 1.33. The highest BCUT2D eigenvalue weighted by Crippen LogP contribution is 2.31. The van der Waals surface area contributed by atoms with Crippen molar-refractivity contribution in [3.63, 3.8) is 0 Å². The van der Waals surface area contributed by atoms with Crippen LogP contribution in [0.2, 0.25) is 0 Å². The number of carboxylic acids is 1. The van der Waals surface area contributed by atoms with Crippen LogP contribution in [0.4, 0.5) is 0 Å². The van der Waals surface area contributed by atoms with E-state index in [-0.39, 0.29) is 12.2 Å². The van der Waals surface area contributed by atoms with Crippen LogP contribution in [0.1, 0.15) is 21.2 Å². The maximum atomic E-state index is 11.2. The monoisotopic (exact) mass is 298 g/mol. The lowest BCUT2D eigenvalue weighted by molar-refractivity contribution is 0.0690. The molecule has 3 N–H and O–H groups in total. The van der Waals surface area contributed by atoms with Gasteiger partial charge in [-0.25, -0.2) is 14.5 Å². The largest absolute Gasteiger partial charge is 0.476 e. The van der Waals surface area contributed by atoms with Crippen molar-refractivity contribution in [1.82, 2.24) is 20.0 Å². The lowest BCUT2D eigenvalue weighted by Gasteiger charge is -2.09. The zero-order valence-corrected chi connectivity index (χ0v) is 11.8. The first kappa shape index (κ1) is 14.6. The smallest absolute Gasteiger partial charge is 0.358 e. The summed E-state index contributed by atoms with van der Waals surface area (Å²) in [5.41, 5.74) is 0.784. The maximum Gasteiger partial charge on any atom is 0.358 e. The van der Waals surface area contributed by atoms with Gasteiger partial charge in [-0.3, -0.25) is 0 Å². The molecule has 0 fully saturated rings. The van der Waals surface area contributed by atoms with Crippen molar-refractivity contribution in [2.75, 3.05) is 6.61 Å². The second-order valence-electron chi connectivity index (χ2n) is 4.26. The highest BCUT2D eigenvalue weighted by Gasteiger charge is 2.25. The number of thiazole rings is 1. The molecular weight excluding hydrogens is 284 g/mol. The van der Waals surface area contributed by atoms with Crippen LogP contribution in [-0.2, 0) is 6.54 Å². The zero-order valence-electron chi connectivity index (χ0n) is 10.9. The number of aromatic carboxylic acids is 1. The molecule has 0 aliphatic rings. The minimum Gasteiger partial charge on any atom is -0.476 e. The van der Waals surface area contributed by atoms with Gasteiger partial charge in [0.2, 0.25) is 0 Å². The fraction of sp³-hybridized carbons (Fsp3) is 0.455. The topological polar surface area (TPSA) is 121 Å². The van der Waals surface area contributed by atoms with Gasteiger partial charge >= 0.3 is 5.97 Å². The predicted molar refractivity (Wildman–Crippen MR) is 70.7 cm³/mol. The van der Waals surface area contributed by atoms with Gasteiger partial charge < -0.3 is 15.3 Å². The molecule has 0 saturated heterocycles. The molecule has 0 radical (unpaired) electrons. The molecule has 0 spiro atoms. The third-order valence-electron chi connectivity index (χ3n) is 2.65. The van der Waals surface area contributed by atoms with Gasteiger partial charge in [0.1, 0.15) is 5.69 Å². The predicted octanol–water partition coefficient (Wildman–Crippen LogP) is 0.0698. The number of rotatable bonds is 5. The molecule has 0 bridgehead atoms. The molecule has 0 aromatic carbocycles. The molecule has 0 aliphatic carbocycles. The summed E-state index contributed by atoms with van der Waals surface area (Å²) < 4.78 is 1.28. The SMILES string of the molecule is Cc1nc(C)c(-c2c(C(=O)O)nnn2CC(O)CO)s1. The van der Waals surface area contributed by atoms with E-state index < -0.39 is 18.7 Å². The normalized spacial score (nSPS) is 12.6. The Hall–Kier alpha value is -1.84. The summed E-state index contributed by atoms with van der Waals surface area (Å²) in [5, 5.41) is 35.8. The first-order valence-electron chi connectivity index (χ1n) is 5.84.